The molecule has 27 heteroatoms. The maximum absolute atomic E-state index is 16.4. The summed E-state index contributed by atoms with van der Waals surface area (Å²) >= 11 is 0.336. The predicted molar refractivity (Wildman–Crippen MR) is 188 cm³/mol. The monoisotopic (exact) mass is 851 g/mol. The zero-order valence-corrected chi connectivity index (χ0v) is 32.0. The number of aromatic amines is 1. The normalized spacial score (nSPS) is 32.6. The van der Waals surface area contributed by atoms with Gasteiger partial charge in [0.05, 0.1) is 38.8 Å². The van der Waals surface area contributed by atoms with Crippen LogP contribution >= 0.6 is 25.8 Å². The number of halogens is 2. The Bertz CT molecular complexity index is 2180. The van der Waals surface area contributed by atoms with Crippen LogP contribution in [0.15, 0.2) is 30.1 Å². The summed E-state index contributed by atoms with van der Waals surface area (Å²) in [5, 5.41) is 0. The highest BCUT2D eigenvalue weighted by Crippen LogP contribution is 2.64. The summed E-state index contributed by atoms with van der Waals surface area (Å²) in [5.41, 5.74) is 5.27. The van der Waals surface area contributed by atoms with Crippen LogP contribution < -0.4 is 11.3 Å². The van der Waals surface area contributed by atoms with Gasteiger partial charge in [-0.05, 0) is 6.42 Å². The summed E-state index contributed by atoms with van der Waals surface area (Å²) < 4.78 is 107. The number of unbranched alkanes of at least 4 members (excludes halogenated alkanes) is 3. The fourth-order valence-electron chi connectivity index (χ4n) is 6.21. The van der Waals surface area contributed by atoms with Crippen LogP contribution in [0.4, 0.5) is 19.4 Å². The van der Waals surface area contributed by atoms with Gasteiger partial charge in [-0.2, -0.15) is 0 Å². The van der Waals surface area contributed by atoms with Crippen molar-refractivity contribution in [2.75, 3.05) is 37.8 Å². The number of fused-ring (bicyclic) bond motifs is 5. The van der Waals surface area contributed by atoms with Gasteiger partial charge in [-0.1, -0.05) is 26.2 Å². The molecule has 4 aromatic heterocycles. The fraction of sp³-hybridized carbons (Fsp3) is 0.621. The summed E-state index contributed by atoms with van der Waals surface area (Å²) in [5.74, 6) is -0.668. The number of alkyl halides is 2. The highest BCUT2D eigenvalue weighted by molar-refractivity contribution is 8.55. The van der Waals surface area contributed by atoms with Crippen LogP contribution in [0.5, 0.6) is 0 Å². The molecular formula is C29H37F2N9O13P2S. The van der Waals surface area contributed by atoms with E-state index in [-0.39, 0.29) is 34.8 Å². The van der Waals surface area contributed by atoms with E-state index in [0.29, 0.717) is 17.8 Å². The average molecular weight is 852 g/mol. The van der Waals surface area contributed by atoms with Gasteiger partial charge in [-0.15, -0.1) is 0 Å². The number of hydrogen-bond acceptors (Lipinski definition) is 19. The van der Waals surface area contributed by atoms with E-state index in [1.807, 2.05) is 6.92 Å². The number of imidazole rings is 2. The first-order chi connectivity index (χ1) is 26.9. The van der Waals surface area contributed by atoms with Crippen molar-refractivity contribution in [1.29, 1.82) is 0 Å². The van der Waals surface area contributed by atoms with Crippen LogP contribution in [0, 0.1) is 0 Å². The van der Waals surface area contributed by atoms with Crippen LogP contribution in [0.25, 0.3) is 22.3 Å². The molecule has 3 aliphatic heterocycles. The van der Waals surface area contributed by atoms with Gasteiger partial charge in [0.2, 0.25) is 0 Å². The van der Waals surface area contributed by atoms with Crippen LogP contribution in [0.2, 0.25) is 0 Å². The van der Waals surface area contributed by atoms with E-state index < -0.39 is 101 Å². The van der Waals surface area contributed by atoms with Crippen molar-refractivity contribution in [1.82, 2.24) is 39.0 Å². The van der Waals surface area contributed by atoms with E-state index in [9.17, 15) is 23.6 Å². The number of hydrogen-bond donors (Lipinski definition) is 3. The van der Waals surface area contributed by atoms with E-state index in [4.69, 9.17) is 43.0 Å². The van der Waals surface area contributed by atoms with Gasteiger partial charge in [0, 0.05) is 11.4 Å². The maximum atomic E-state index is 16.4. The third kappa shape index (κ3) is 8.61. The van der Waals surface area contributed by atoms with Crippen LogP contribution in [-0.4, -0.2) is 119 Å². The number of H-pyrrole nitrogens is 1. The molecule has 2 bridgehead atoms. The van der Waals surface area contributed by atoms with E-state index in [0.717, 1.165) is 42.8 Å². The Labute approximate surface area is 318 Å². The number of anilines is 1. The van der Waals surface area contributed by atoms with Gasteiger partial charge >= 0.3 is 20.5 Å². The number of aromatic nitrogens is 8. The van der Waals surface area contributed by atoms with Crippen LogP contribution in [0.1, 0.15) is 45.1 Å². The zero-order valence-electron chi connectivity index (χ0n) is 29.4. The van der Waals surface area contributed by atoms with Gasteiger partial charge in [-0.3, -0.25) is 27.5 Å². The minimum absolute atomic E-state index is 0.00505. The molecule has 0 radical (unpaired) electrons. The molecule has 0 aliphatic carbocycles. The van der Waals surface area contributed by atoms with E-state index >= 15 is 8.78 Å². The molecule has 2 unspecified atom stereocenters. The Morgan fingerprint density at radius 3 is 2.50 bits per heavy atom. The number of nitrogens with zero attached hydrogens (tertiary/aromatic N) is 7. The zero-order chi connectivity index (χ0) is 39.6. The molecule has 10 atom stereocenters. The smallest absolute Gasteiger partial charge is 0.434 e. The molecule has 7 heterocycles. The van der Waals surface area contributed by atoms with Gasteiger partial charge in [0.25, 0.3) is 5.56 Å². The Hall–Kier alpha value is -3.64. The minimum atomic E-state index is -4.74. The molecule has 3 fully saturated rings. The third-order valence-electron chi connectivity index (χ3n) is 8.96. The highest BCUT2D eigenvalue weighted by Gasteiger charge is 2.54. The molecule has 3 aliphatic rings. The molecule has 306 valence electrons. The van der Waals surface area contributed by atoms with E-state index in [2.05, 4.69) is 29.9 Å². The van der Waals surface area contributed by atoms with Gasteiger partial charge in [0.1, 0.15) is 42.6 Å². The number of carbonyl (C=O) groups excluding carboxylic acids is 1. The largest absolute Gasteiger partial charge is 0.509 e. The van der Waals surface area contributed by atoms with Crippen molar-refractivity contribution in [2.45, 2.75) is 81.8 Å². The van der Waals surface area contributed by atoms with Gasteiger partial charge in [-0.25, -0.2) is 43.1 Å². The third-order valence-corrected chi connectivity index (χ3v) is 13.3. The highest BCUT2D eigenvalue weighted by atomic mass is 32.7. The van der Waals surface area contributed by atoms with Crippen LogP contribution in [0.3, 0.4) is 0 Å². The number of rotatable bonds is 10. The lowest BCUT2D eigenvalue weighted by Gasteiger charge is -2.27. The number of nitrogens with two attached hydrogens (primary N) is 1. The summed E-state index contributed by atoms with van der Waals surface area (Å²) in [7, 11) is -4.74. The fourth-order valence-corrected chi connectivity index (χ4v) is 9.78. The summed E-state index contributed by atoms with van der Waals surface area (Å²) in [4.78, 5) is 58.0. The molecular weight excluding hydrogens is 814 g/mol. The van der Waals surface area contributed by atoms with Crippen LogP contribution in [-0.2, 0) is 46.4 Å². The predicted octanol–water partition coefficient (Wildman–Crippen LogP) is 3.51. The summed E-state index contributed by atoms with van der Waals surface area (Å²) in [6.07, 6.45) is -8.34. The van der Waals surface area contributed by atoms with Crippen molar-refractivity contribution in [3.63, 3.8) is 0 Å². The quantitative estimate of drug-likeness (QED) is 0.0891. The molecule has 4 N–H and O–H groups in total. The molecule has 4 aromatic rings. The summed E-state index contributed by atoms with van der Waals surface area (Å²) in [6, 6.07) is 0. The number of nitrogens with one attached hydrogen (secondary N) is 1. The Balaban J connectivity index is 1.18. The Morgan fingerprint density at radius 1 is 0.964 bits per heavy atom. The molecule has 22 nitrogen and oxygen atoms in total. The Kier molecular flexibility index (Phi) is 12.4. The van der Waals surface area contributed by atoms with Gasteiger partial charge < -0.3 is 43.8 Å². The maximum Gasteiger partial charge on any atom is 0.509 e. The second kappa shape index (κ2) is 17.1. The van der Waals surface area contributed by atoms with Crippen molar-refractivity contribution >= 4 is 60.1 Å². The first-order valence-electron chi connectivity index (χ1n) is 17.3. The Morgan fingerprint density at radius 2 is 1.70 bits per heavy atom. The lowest BCUT2D eigenvalue weighted by atomic mass is 10.1. The number of nitrogen functional groups attached to an aromatic ring is 1. The standard InChI is InChI=1S/C29H37F2N9O13P2S/c1-2-3-4-5-6-46-29(42)48-14-56-55(45)50-8-16-21(18(31)27(52-16)39-11-37-19-23(32)33-9-34-24(19)39)47-13-54(43,44)49-7-15-17(30)22(53-55)28(51-15)40-12-38-20-25(40)35-10-36-26(20)41/h9-12,15-18,21-22,27-28H,2-8,13-14H2,1H3,(H,43,44)(H2,32,33,34)(H,35,36,41)/t15-,16-,17-,18-,21-,22-,27-,28-,55?/m1/s1. The first-order valence-corrected chi connectivity index (χ1v) is 22.1. The van der Waals surface area contributed by atoms with Crippen molar-refractivity contribution in [3.05, 3.63) is 35.7 Å². The average Bonchev–Trinajstić information content (AvgIpc) is 3.93. The molecule has 0 amide bonds. The van der Waals surface area contributed by atoms with Crippen molar-refractivity contribution in [3.8, 4) is 0 Å². The first kappa shape index (κ1) is 40.6. The molecule has 0 spiro atoms. The molecule has 7 rings (SSSR count). The second-order valence-electron chi connectivity index (χ2n) is 12.7. The second-order valence-corrected chi connectivity index (χ2v) is 18.5. The number of ether oxygens (including phenoxy) is 5. The molecule has 0 saturated carbocycles. The van der Waals surface area contributed by atoms with Crippen molar-refractivity contribution < 1.29 is 64.9 Å². The van der Waals surface area contributed by atoms with Gasteiger partial charge in [0.15, 0.2) is 53.4 Å². The summed E-state index contributed by atoms with van der Waals surface area (Å²) in [6.45, 7) is -4.26. The van der Waals surface area contributed by atoms with E-state index in [1.54, 1.807) is 0 Å². The number of carbonyl (C=O) groups is 1. The lowest BCUT2D eigenvalue weighted by Crippen LogP contribution is -2.36. The minimum Gasteiger partial charge on any atom is -0.434 e. The van der Waals surface area contributed by atoms with E-state index in [1.165, 1.54) is 10.9 Å². The molecule has 56 heavy (non-hydrogen) atoms. The molecule has 0 aromatic carbocycles. The SMILES string of the molecule is CCCCCCOC(=O)OCSP1(=O)OC[C@H]2O[C@@H](n3cnc4c(N)ncnc43)[C@H](F)[C@@H]2OCP(=O)(O)OC[C@H]2O[C@@H](n3cnc4c(=O)[nH]cnc43)[C@H](O1)[C@@H]2F. The lowest BCUT2D eigenvalue weighted by molar-refractivity contribution is -0.0551. The molecule has 3 saturated heterocycles. The van der Waals surface area contributed by atoms with Crippen molar-refractivity contribution in [2.24, 2.45) is 0 Å². The topological polar surface area (TPSA) is 278 Å².